The van der Waals surface area contributed by atoms with Crippen molar-refractivity contribution in [1.82, 2.24) is 0 Å². The number of nitrogens with two attached hydrogens (primary N) is 1. The molecule has 3 rings (SSSR count). The van der Waals surface area contributed by atoms with E-state index in [2.05, 4.69) is 65.9 Å². The lowest BCUT2D eigenvalue weighted by Gasteiger charge is -2.27. The Bertz CT molecular complexity index is 961. The Balaban J connectivity index is 2.36. The summed E-state index contributed by atoms with van der Waals surface area (Å²) < 4.78 is 0. The maximum Gasteiger partial charge on any atom is 0.248 e. The fraction of sp³-hybridized carbons (Fsp3) is 0.417. The molecule has 0 spiro atoms. The Morgan fingerprint density at radius 1 is 1.15 bits per heavy atom. The van der Waals surface area contributed by atoms with Crippen molar-refractivity contribution in [2.24, 2.45) is 5.73 Å². The minimum Gasteiger partial charge on any atom is -0.366 e. The summed E-state index contributed by atoms with van der Waals surface area (Å²) in [6, 6.07) is 4.72. The van der Waals surface area contributed by atoms with Gasteiger partial charge in [-0.05, 0) is 65.5 Å². The quantitative estimate of drug-likeness (QED) is 0.721. The molecule has 2 N–H and O–H groups in total. The zero-order valence-electron chi connectivity index (χ0n) is 17.7. The van der Waals surface area contributed by atoms with Crippen LogP contribution in [0, 0.1) is 0 Å². The number of hydrogen-bond donors (Lipinski definition) is 1. The maximum absolute atomic E-state index is 12.0. The van der Waals surface area contributed by atoms with Crippen molar-refractivity contribution < 1.29 is 4.79 Å². The second-order valence-electron chi connectivity index (χ2n) is 9.17. The summed E-state index contributed by atoms with van der Waals surface area (Å²) in [6.07, 6.45) is 6.18. The van der Waals surface area contributed by atoms with Crippen LogP contribution in [0.1, 0.15) is 63.3 Å². The number of carbonyl (C=O) groups is 1. The average Bonchev–Trinajstić information content (AvgIpc) is 2.92. The minimum atomic E-state index is -0.644. The second kappa shape index (κ2) is 6.86. The molecule has 1 amide bonds. The lowest BCUT2D eigenvalue weighted by Crippen LogP contribution is -2.24. The van der Waals surface area contributed by atoms with Crippen LogP contribution in [0.25, 0.3) is 11.6 Å². The van der Waals surface area contributed by atoms with Gasteiger partial charge in [0.2, 0.25) is 5.91 Å². The van der Waals surface area contributed by atoms with Crippen molar-refractivity contribution in [3.05, 3.63) is 57.2 Å². The van der Waals surface area contributed by atoms with Crippen LogP contribution in [0.3, 0.4) is 0 Å². The Hall–Kier alpha value is -2.00. The maximum atomic E-state index is 12.0. The number of benzene rings is 1. The molecule has 2 aliphatic rings. The Morgan fingerprint density at radius 2 is 1.81 bits per heavy atom. The third-order valence-corrected chi connectivity index (χ3v) is 7.40. The predicted molar refractivity (Wildman–Crippen MR) is 119 cm³/mol. The standard InChI is InChI=1S/C24H31NOSi/c1-14-10-16-12-17(24(3,4)5)13-20(19(16)11-14)22-15(2)18(23(25)26)8-9-21(22)27(6)7/h8,10,12-13H,9,11H2,1-7H3,(H2,25,26). The second-order valence-corrected chi connectivity index (χ2v) is 11.8. The highest BCUT2D eigenvalue weighted by Gasteiger charge is 2.27. The average molecular weight is 378 g/mol. The summed E-state index contributed by atoms with van der Waals surface area (Å²) in [5.41, 5.74) is 15.6. The van der Waals surface area contributed by atoms with Crippen LogP contribution in [0.15, 0.2) is 34.9 Å². The number of rotatable bonds is 2. The molecule has 0 aliphatic heterocycles. The van der Waals surface area contributed by atoms with Crippen LogP contribution in [-0.2, 0) is 16.6 Å². The van der Waals surface area contributed by atoms with Crippen LogP contribution in [-0.4, -0.2) is 19.5 Å². The van der Waals surface area contributed by atoms with Gasteiger partial charge < -0.3 is 5.73 Å². The van der Waals surface area contributed by atoms with E-state index in [4.69, 9.17) is 5.73 Å². The topological polar surface area (TPSA) is 43.1 Å². The van der Waals surface area contributed by atoms with E-state index >= 15 is 0 Å². The fourth-order valence-corrected chi connectivity index (χ4v) is 5.53. The molecule has 0 fully saturated rings. The molecule has 0 aromatic heterocycles. The molecule has 3 heteroatoms. The van der Waals surface area contributed by atoms with E-state index in [1.54, 1.807) is 0 Å². The van der Waals surface area contributed by atoms with Gasteiger partial charge in [0, 0.05) is 14.0 Å². The van der Waals surface area contributed by atoms with Crippen LogP contribution in [0.4, 0.5) is 0 Å². The number of allylic oxidation sites excluding steroid dienone is 3. The summed E-state index contributed by atoms with van der Waals surface area (Å²) in [5.74, 6) is -0.317. The van der Waals surface area contributed by atoms with Gasteiger partial charge in [0.25, 0.3) is 0 Å². The number of carbonyl (C=O) groups excluding carboxylic acids is 1. The van der Waals surface area contributed by atoms with Crippen LogP contribution in [0.2, 0.25) is 13.1 Å². The number of primary amides is 1. The third kappa shape index (κ3) is 3.57. The molecular formula is C24H31NOSi. The zero-order valence-corrected chi connectivity index (χ0v) is 18.7. The minimum absolute atomic E-state index is 0.0754. The van der Waals surface area contributed by atoms with Gasteiger partial charge in [-0.3, -0.25) is 4.79 Å². The first-order valence-electron chi connectivity index (χ1n) is 9.73. The molecule has 2 nitrogen and oxygen atoms in total. The number of amides is 1. The SMILES string of the molecule is CC1=Cc2cc(C(C)(C)C)cc(C3=C(C)C(C(N)=O)=CCC3=[Si](C)C)c2C1. The molecule has 0 radical (unpaired) electrons. The Kier molecular flexibility index (Phi) is 5.02. The van der Waals surface area contributed by atoms with Gasteiger partial charge in [-0.2, -0.15) is 0 Å². The van der Waals surface area contributed by atoms with Crippen molar-refractivity contribution in [3.8, 4) is 0 Å². The van der Waals surface area contributed by atoms with Crippen LogP contribution >= 0.6 is 0 Å². The first-order chi connectivity index (χ1) is 12.5. The molecule has 0 bridgehead atoms. The van der Waals surface area contributed by atoms with E-state index < -0.39 is 8.41 Å². The predicted octanol–water partition coefficient (Wildman–Crippen LogP) is 5.04. The molecule has 142 valence electrons. The monoisotopic (exact) mass is 377 g/mol. The molecule has 0 saturated heterocycles. The van der Waals surface area contributed by atoms with Crippen molar-refractivity contribution >= 4 is 31.1 Å². The van der Waals surface area contributed by atoms with Gasteiger partial charge in [-0.15, -0.1) is 0 Å². The normalized spacial score (nSPS) is 16.9. The molecule has 27 heavy (non-hydrogen) atoms. The summed E-state index contributed by atoms with van der Waals surface area (Å²) in [5, 5.41) is 1.50. The Morgan fingerprint density at radius 3 is 2.37 bits per heavy atom. The van der Waals surface area contributed by atoms with E-state index in [1.807, 2.05) is 6.08 Å². The van der Waals surface area contributed by atoms with Gasteiger partial charge in [-0.25, -0.2) is 0 Å². The molecule has 1 aromatic rings. The van der Waals surface area contributed by atoms with Crippen molar-refractivity contribution in [2.45, 2.75) is 66.0 Å². The molecule has 1 aromatic carbocycles. The molecule has 0 heterocycles. The smallest absolute Gasteiger partial charge is 0.248 e. The summed E-state index contributed by atoms with van der Waals surface area (Å²) >= 11 is 0. The van der Waals surface area contributed by atoms with Gasteiger partial charge >= 0.3 is 0 Å². The highest BCUT2D eigenvalue weighted by Crippen LogP contribution is 2.40. The fourth-order valence-electron chi connectivity index (χ4n) is 4.20. The van der Waals surface area contributed by atoms with Crippen molar-refractivity contribution in [1.29, 1.82) is 0 Å². The lowest BCUT2D eigenvalue weighted by molar-refractivity contribution is -0.114. The van der Waals surface area contributed by atoms with E-state index in [9.17, 15) is 4.79 Å². The zero-order chi connectivity index (χ0) is 20.1. The molecule has 0 saturated carbocycles. The first kappa shape index (κ1) is 19.8. The lowest BCUT2D eigenvalue weighted by atomic mass is 9.79. The molecule has 0 unspecified atom stereocenters. The Labute approximate surface area is 165 Å². The number of fused-ring (bicyclic) bond motifs is 1. The first-order valence-corrected chi connectivity index (χ1v) is 12.2. The van der Waals surface area contributed by atoms with E-state index in [1.165, 1.54) is 38.6 Å². The highest BCUT2D eigenvalue weighted by molar-refractivity contribution is 6.76. The molecule has 0 atom stereocenters. The van der Waals surface area contributed by atoms with Gasteiger partial charge in [0.05, 0.1) is 0 Å². The van der Waals surface area contributed by atoms with Gasteiger partial charge in [-0.1, -0.05) is 68.9 Å². The van der Waals surface area contributed by atoms with Crippen molar-refractivity contribution in [2.75, 3.05) is 0 Å². The van der Waals surface area contributed by atoms with Crippen LogP contribution < -0.4 is 5.73 Å². The van der Waals surface area contributed by atoms with Gasteiger partial charge in [0.1, 0.15) is 0 Å². The van der Waals surface area contributed by atoms with E-state index in [0.717, 1.165) is 18.4 Å². The summed E-state index contributed by atoms with van der Waals surface area (Å²) in [6.45, 7) is 15.8. The highest BCUT2D eigenvalue weighted by atomic mass is 28.2. The third-order valence-electron chi connectivity index (χ3n) is 5.74. The van der Waals surface area contributed by atoms with Gasteiger partial charge in [0.15, 0.2) is 0 Å². The van der Waals surface area contributed by atoms with Crippen molar-refractivity contribution in [3.63, 3.8) is 0 Å². The van der Waals surface area contributed by atoms with Crippen LogP contribution in [0.5, 0.6) is 0 Å². The molecule has 2 aliphatic carbocycles. The summed E-state index contributed by atoms with van der Waals surface area (Å²) in [7, 11) is -0.644. The largest absolute Gasteiger partial charge is 0.366 e. The van der Waals surface area contributed by atoms with E-state index in [0.29, 0.717) is 5.57 Å². The molecular weight excluding hydrogens is 346 g/mol. The number of hydrogen-bond acceptors (Lipinski definition) is 1. The van der Waals surface area contributed by atoms with E-state index in [-0.39, 0.29) is 11.3 Å². The summed E-state index contributed by atoms with van der Waals surface area (Å²) in [4.78, 5) is 12.0.